The van der Waals surface area contributed by atoms with Gasteiger partial charge in [-0.1, -0.05) is 128 Å². The summed E-state index contributed by atoms with van der Waals surface area (Å²) in [5, 5.41) is 0. The van der Waals surface area contributed by atoms with Gasteiger partial charge in [-0.3, -0.25) is 0 Å². The Bertz CT molecular complexity index is 1460. The van der Waals surface area contributed by atoms with E-state index < -0.39 is 8.15 Å². The number of ether oxygens (including phenoxy) is 1. The molecule has 0 saturated carbocycles. The fourth-order valence-corrected chi connectivity index (χ4v) is 7.80. The van der Waals surface area contributed by atoms with E-state index in [9.17, 15) is 0 Å². The zero-order chi connectivity index (χ0) is 35.6. The van der Waals surface area contributed by atoms with Crippen molar-refractivity contribution in [2.75, 3.05) is 14.2 Å². The van der Waals surface area contributed by atoms with Crippen LogP contribution in [0, 0.1) is 6.92 Å². The third kappa shape index (κ3) is 13.0. The lowest BCUT2D eigenvalue weighted by atomic mass is 9.82. The van der Waals surface area contributed by atoms with Crippen LogP contribution in [0.2, 0.25) is 0 Å². The second-order valence-electron chi connectivity index (χ2n) is 16.3. The molecule has 0 bridgehead atoms. The number of hydrogen-bond donors (Lipinski definition) is 0. The maximum atomic E-state index is 7.21. The molecule has 3 heteroatoms. The van der Waals surface area contributed by atoms with E-state index in [2.05, 4.69) is 149 Å². The standard InChI is InChI=1S/C42H59OP.C2H6O/c1-14-15-16-32-20-22-34(36(26-32)40(5,6)7)28-44(43-39-24-18-31(4)25-38(39)42(11,12)13)29-35-23-21-33(19-17-30(2)3)27-37(35)41(8,9)10;1-3-2/h14,18,20-27H,1-2,15-17,19,28-29H2,3-13H3;1-2H3. The quantitative estimate of drug-likeness (QED) is 0.143. The van der Waals surface area contributed by atoms with Crippen LogP contribution in [-0.4, -0.2) is 14.2 Å². The van der Waals surface area contributed by atoms with Crippen LogP contribution in [0.15, 0.2) is 79.4 Å². The Hall–Kier alpha value is -2.67. The molecule has 0 saturated heterocycles. The summed E-state index contributed by atoms with van der Waals surface area (Å²) in [6.45, 7) is 33.3. The largest absolute Gasteiger partial charge is 0.473 e. The SMILES string of the molecule is C=CCCc1ccc(CP(Cc2ccc(CCC(=C)C)cc2C(C)(C)C)Oc2ccc(C)cc2C(C)(C)C)c(C(C)(C)C)c1.COC. The molecule has 1 atom stereocenters. The maximum absolute atomic E-state index is 7.21. The van der Waals surface area contributed by atoms with Gasteiger partial charge in [0.2, 0.25) is 0 Å². The smallest absolute Gasteiger partial charge is 0.127 e. The highest BCUT2D eigenvalue weighted by atomic mass is 31.1. The number of hydrogen-bond acceptors (Lipinski definition) is 2. The minimum atomic E-state index is -0.868. The molecule has 0 spiro atoms. The molecule has 47 heavy (non-hydrogen) atoms. The van der Waals surface area contributed by atoms with Crippen molar-refractivity contribution in [2.45, 2.75) is 130 Å². The van der Waals surface area contributed by atoms with Crippen molar-refractivity contribution in [1.29, 1.82) is 0 Å². The molecule has 1 unspecified atom stereocenters. The number of benzene rings is 3. The van der Waals surface area contributed by atoms with E-state index in [4.69, 9.17) is 4.52 Å². The van der Waals surface area contributed by atoms with Crippen LogP contribution in [0.3, 0.4) is 0 Å². The first-order chi connectivity index (χ1) is 21.8. The number of aryl methyl sites for hydroxylation is 3. The van der Waals surface area contributed by atoms with Gasteiger partial charge in [0.1, 0.15) is 5.75 Å². The first-order valence-electron chi connectivity index (χ1n) is 17.2. The average molecular weight is 657 g/mol. The van der Waals surface area contributed by atoms with Crippen molar-refractivity contribution < 1.29 is 9.26 Å². The van der Waals surface area contributed by atoms with Crippen molar-refractivity contribution in [3.8, 4) is 5.75 Å². The second-order valence-corrected chi connectivity index (χ2v) is 18.1. The van der Waals surface area contributed by atoms with Crippen molar-refractivity contribution >= 4 is 8.15 Å². The Morgan fingerprint density at radius 1 is 0.702 bits per heavy atom. The molecule has 0 heterocycles. The molecular formula is C44H65O2P. The van der Waals surface area contributed by atoms with Crippen LogP contribution in [0.5, 0.6) is 5.75 Å². The minimum absolute atomic E-state index is 0.00672. The summed E-state index contributed by atoms with van der Waals surface area (Å²) in [6.07, 6.45) is 7.95. The van der Waals surface area contributed by atoms with Crippen molar-refractivity contribution in [3.63, 3.8) is 0 Å². The van der Waals surface area contributed by atoms with E-state index >= 15 is 0 Å². The van der Waals surface area contributed by atoms with Gasteiger partial charge in [0.15, 0.2) is 0 Å². The highest BCUT2D eigenvalue weighted by Gasteiger charge is 2.27. The summed E-state index contributed by atoms with van der Waals surface area (Å²) in [7, 11) is 2.38. The third-order valence-electron chi connectivity index (χ3n) is 8.31. The predicted octanol–water partition coefficient (Wildman–Crippen LogP) is 13.0. The van der Waals surface area contributed by atoms with E-state index in [0.29, 0.717) is 0 Å². The number of allylic oxidation sites excluding steroid dienone is 2. The Balaban J connectivity index is 0.00000246. The Labute approximate surface area is 290 Å². The molecule has 3 rings (SSSR count). The van der Waals surface area contributed by atoms with Gasteiger partial charge in [0, 0.05) is 32.1 Å². The van der Waals surface area contributed by atoms with Gasteiger partial charge in [-0.15, -0.1) is 13.2 Å². The minimum Gasteiger partial charge on any atom is -0.473 e. The third-order valence-corrected chi connectivity index (χ3v) is 10.1. The van der Waals surface area contributed by atoms with Crippen LogP contribution in [0.4, 0.5) is 0 Å². The summed E-state index contributed by atoms with van der Waals surface area (Å²) in [5.74, 6) is 1.03. The van der Waals surface area contributed by atoms with Crippen molar-refractivity contribution in [3.05, 3.63) is 124 Å². The maximum Gasteiger partial charge on any atom is 0.127 e. The number of methoxy groups -OCH3 is 1. The van der Waals surface area contributed by atoms with Gasteiger partial charge >= 0.3 is 0 Å². The van der Waals surface area contributed by atoms with Crippen LogP contribution < -0.4 is 4.52 Å². The van der Waals surface area contributed by atoms with Gasteiger partial charge in [-0.05, 0) is 95.2 Å². The molecule has 3 aromatic rings. The monoisotopic (exact) mass is 656 g/mol. The molecule has 0 aliphatic rings. The highest BCUT2D eigenvalue weighted by molar-refractivity contribution is 7.51. The molecule has 0 aliphatic heterocycles. The Morgan fingerprint density at radius 3 is 1.60 bits per heavy atom. The highest BCUT2D eigenvalue weighted by Crippen LogP contribution is 2.50. The lowest BCUT2D eigenvalue weighted by Crippen LogP contribution is -2.17. The second kappa shape index (κ2) is 17.6. The fraction of sp³-hybridized carbons (Fsp3) is 0.500. The zero-order valence-electron chi connectivity index (χ0n) is 32.2. The lowest BCUT2D eigenvalue weighted by Gasteiger charge is -2.30. The first kappa shape index (κ1) is 40.5. The van der Waals surface area contributed by atoms with E-state index in [1.807, 2.05) is 6.08 Å². The van der Waals surface area contributed by atoms with E-state index in [0.717, 1.165) is 43.8 Å². The topological polar surface area (TPSA) is 18.5 Å². The molecule has 258 valence electrons. The molecule has 2 nitrogen and oxygen atoms in total. The molecule has 0 radical (unpaired) electrons. The lowest BCUT2D eigenvalue weighted by molar-refractivity contribution is 0.277. The van der Waals surface area contributed by atoms with Gasteiger partial charge in [-0.2, -0.15) is 0 Å². The van der Waals surface area contributed by atoms with Crippen LogP contribution in [0.1, 0.15) is 127 Å². The summed E-state index contributed by atoms with van der Waals surface area (Å²) in [6, 6.07) is 21.0. The summed E-state index contributed by atoms with van der Waals surface area (Å²) < 4.78 is 11.5. The van der Waals surface area contributed by atoms with E-state index in [1.54, 1.807) is 14.2 Å². The van der Waals surface area contributed by atoms with Crippen molar-refractivity contribution in [1.82, 2.24) is 0 Å². The molecule has 0 aromatic heterocycles. The fourth-order valence-electron chi connectivity index (χ4n) is 5.81. The Morgan fingerprint density at radius 2 is 1.17 bits per heavy atom. The molecule has 0 N–H and O–H groups in total. The predicted molar refractivity (Wildman–Crippen MR) is 210 cm³/mol. The average Bonchev–Trinajstić information content (AvgIpc) is 2.95. The summed E-state index contributed by atoms with van der Waals surface area (Å²) >= 11 is 0. The van der Waals surface area contributed by atoms with Crippen molar-refractivity contribution in [2.24, 2.45) is 0 Å². The number of rotatable bonds is 12. The molecule has 0 fully saturated rings. The van der Waals surface area contributed by atoms with Gasteiger partial charge < -0.3 is 9.26 Å². The molecule has 0 aliphatic carbocycles. The van der Waals surface area contributed by atoms with E-state index in [1.165, 1.54) is 50.1 Å². The molecular weight excluding hydrogens is 591 g/mol. The van der Waals surface area contributed by atoms with Crippen LogP contribution in [0.25, 0.3) is 0 Å². The van der Waals surface area contributed by atoms with Crippen LogP contribution >= 0.6 is 8.15 Å². The molecule has 0 amide bonds. The Kier molecular flexibility index (Phi) is 15.2. The van der Waals surface area contributed by atoms with Gasteiger partial charge in [0.05, 0.1) is 8.15 Å². The summed E-state index contributed by atoms with van der Waals surface area (Å²) in [5.41, 5.74) is 12.3. The zero-order valence-corrected chi connectivity index (χ0v) is 33.1. The van der Waals surface area contributed by atoms with Gasteiger partial charge in [0.25, 0.3) is 0 Å². The molecule has 3 aromatic carbocycles. The normalized spacial score (nSPS) is 12.6. The van der Waals surface area contributed by atoms with Crippen LogP contribution in [-0.2, 0) is 46.1 Å². The summed E-state index contributed by atoms with van der Waals surface area (Å²) in [4.78, 5) is 0. The van der Waals surface area contributed by atoms with Gasteiger partial charge in [-0.25, -0.2) is 0 Å². The first-order valence-corrected chi connectivity index (χ1v) is 18.9. The van der Waals surface area contributed by atoms with E-state index in [-0.39, 0.29) is 16.2 Å².